The maximum absolute atomic E-state index is 12.4. The number of amides is 1. The van der Waals surface area contributed by atoms with Gasteiger partial charge < -0.3 is 14.4 Å². The van der Waals surface area contributed by atoms with Crippen molar-refractivity contribution in [2.45, 2.75) is 52.6 Å². The van der Waals surface area contributed by atoms with Crippen LogP contribution >= 0.6 is 0 Å². The van der Waals surface area contributed by atoms with Gasteiger partial charge in [0.15, 0.2) is 0 Å². The van der Waals surface area contributed by atoms with Gasteiger partial charge in [-0.1, -0.05) is 6.92 Å². The first-order valence-corrected chi connectivity index (χ1v) is 8.19. The highest BCUT2D eigenvalue weighted by atomic mass is 16.6. The summed E-state index contributed by atoms with van der Waals surface area (Å²) in [6, 6.07) is 0. The third-order valence-corrected chi connectivity index (χ3v) is 4.94. The summed E-state index contributed by atoms with van der Waals surface area (Å²) < 4.78 is 10.2. The van der Waals surface area contributed by atoms with Crippen molar-refractivity contribution in [2.75, 3.05) is 20.2 Å². The quantitative estimate of drug-likeness (QED) is 0.547. The highest BCUT2D eigenvalue weighted by Crippen LogP contribution is 2.51. The maximum atomic E-state index is 12.4. The smallest absolute Gasteiger partial charge is 0.410 e. The van der Waals surface area contributed by atoms with Crippen LogP contribution in [0.1, 0.15) is 47.0 Å². The number of esters is 1. The number of carbonyl (C=O) groups excluding carboxylic acids is 3. The normalized spacial score (nSPS) is 27.2. The molecule has 2 aliphatic rings. The van der Waals surface area contributed by atoms with Crippen LogP contribution in [0.25, 0.3) is 0 Å². The number of carbonyl (C=O) groups is 3. The lowest BCUT2D eigenvalue weighted by Gasteiger charge is -2.41. The molecule has 2 unspecified atom stereocenters. The van der Waals surface area contributed by atoms with Crippen LogP contribution in [0.2, 0.25) is 0 Å². The van der Waals surface area contributed by atoms with Gasteiger partial charge in [0.1, 0.15) is 17.3 Å². The van der Waals surface area contributed by atoms with E-state index in [0.717, 1.165) is 0 Å². The van der Waals surface area contributed by atoms with E-state index in [-0.39, 0.29) is 23.2 Å². The summed E-state index contributed by atoms with van der Waals surface area (Å²) >= 11 is 0. The minimum atomic E-state index is -0.691. The van der Waals surface area contributed by atoms with Crippen LogP contribution in [0, 0.1) is 17.3 Å². The zero-order chi connectivity index (χ0) is 17.4. The molecule has 0 radical (unpaired) electrons. The lowest BCUT2D eigenvalue weighted by atomic mass is 9.70. The SMILES string of the molecule is COC(=O)C1C(=O)C(C)CC12CCN(C(=O)OC(C)(C)C)CC2. The molecular weight excluding hydrogens is 298 g/mol. The van der Waals surface area contributed by atoms with Gasteiger partial charge in [-0.25, -0.2) is 4.79 Å². The van der Waals surface area contributed by atoms with Crippen molar-refractivity contribution in [3.8, 4) is 0 Å². The Morgan fingerprint density at radius 1 is 1.22 bits per heavy atom. The lowest BCUT2D eigenvalue weighted by molar-refractivity contribution is -0.153. The first kappa shape index (κ1) is 17.8. The Labute approximate surface area is 137 Å². The topological polar surface area (TPSA) is 72.9 Å². The summed E-state index contributed by atoms with van der Waals surface area (Å²) in [5.41, 5.74) is -0.902. The van der Waals surface area contributed by atoms with Crippen molar-refractivity contribution in [1.82, 2.24) is 4.90 Å². The predicted octanol–water partition coefficient (Wildman–Crippen LogP) is 2.40. The lowest BCUT2D eigenvalue weighted by Crippen LogP contribution is -2.48. The summed E-state index contributed by atoms with van der Waals surface area (Å²) in [6.45, 7) is 8.38. The molecule has 2 fully saturated rings. The molecule has 1 spiro atoms. The van der Waals surface area contributed by atoms with E-state index in [1.807, 2.05) is 27.7 Å². The highest BCUT2D eigenvalue weighted by molar-refractivity contribution is 6.02. The summed E-state index contributed by atoms with van der Waals surface area (Å²) in [5, 5.41) is 0. The second kappa shape index (κ2) is 6.13. The van der Waals surface area contributed by atoms with E-state index in [1.54, 1.807) is 4.90 Å². The number of rotatable bonds is 1. The van der Waals surface area contributed by atoms with E-state index < -0.39 is 17.5 Å². The van der Waals surface area contributed by atoms with Crippen molar-refractivity contribution >= 4 is 17.8 Å². The molecule has 0 bridgehead atoms. The molecule has 130 valence electrons. The fourth-order valence-corrected chi connectivity index (χ4v) is 3.85. The number of ether oxygens (including phenoxy) is 2. The van der Waals surface area contributed by atoms with Gasteiger partial charge in [-0.15, -0.1) is 0 Å². The largest absolute Gasteiger partial charge is 0.468 e. The second-order valence-corrected chi connectivity index (χ2v) is 7.79. The summed E-state index contributed by atoms with van der Waals surface area (Å²) in [6.07, 6.45) is 1.61. The molecule has 1 saturated heterocycles. The van der Waals surface area contributed by atoms with Crippen LogP contribution in [0.5, 0.6) is 0 Å². The zero-order valence-corrected chi connectivity index (χ0v) is 14.7. The van der Waals surface area contributed by atoms with Gasteiger partial charge >= 0.3 is 12.1 Å². The minimum absolute atomic E-state index is 0.0254. The van der Waals surface area contributed by atoms with Crippen molar-refractivity contribution in [3.63, 3.8) is 0 Å². The van der Waals surface area contributed by atoms with Crippen LogP contribution in [-0.4, -0.2) is 48.5 Å². The van der Waals surface area contributed by atoms with Crippen LogP contribution in [0.4, 0.5) is 4.79 Å². The molecule has 1 heterocycles. The average Bonchev–Trinajstić information content (AvgIpc) is 2.68. The monoisotopic (exact) mass is 325 g/mol. The Bertz CT molecular complexity index is 500. The molecule has 6 heteroatoms. The van der Waals surface area contributed by atoms with Crippen molar-refractivity contribution in [2.24, 2.45) is 17.3 Å². The molecule has 23 heavy (non-hydrogen) atoms. The third kappa shape index (κ3) is 3.51. The summed E-state index contributed by atoms with van der Waals surface area (Å²) in [5.74, 6) is -1.29. The predicted molar refractivity (Wildman–Crippen MR) is 83.8 cm³/mol. The molecule has 1 amide bonds. The van der Waals surface area contributed by atoms with E-state index in [1.165, 1.54) is 7.11 Å². The van der Waals surface area contributed by atoms with E-state index in [2.05, 4.69) is 0 Å². The number of piperidine rings is 1. The van der Waals surface area contributed by atoms with E-state index >= 15 is 0 Å². The number of ketones is 1. The molecule has 1 aliphatic carbocycles. The summed E-state index contributed by atoms with van der Waals surface area (Å²) in [7, 11) is 1.32. The molecule has 0 N–H and O–H groups in total. The molecular formula is C17H27NO5. The first-order valence-electron chi connectivity index (χ1n) is 8.19. The number of nitrogens with zero attached hydrogens (tertiary/aromatic N) is 1. The Balaban J connectivity index is 2.08. The van der Waals surface area contributed by atoms with Crippen molar-refractivity contribution in [1.29, 1.82) is 0 Å². The van der Waals surface area contributed by atoms with Gasteiger partial charge in [0, 0.05) is 19.0 Å². The third-order valence-electron chi connectivity index (χ3n) is 4.94. The molecule has 1 aliphatic heterocycles. The van der Waals surface area contributed by atoms with Gasteiger partial charge in [-0.2, -0.15) is 0 Å². The Hall–Kier alpha value is -1.59. The number of Topliss-reactive ketones (excluding diaryl/α,β-unsaturated/α-hetero) is 1. The van der Waals surface area contributed by atoms with E-state index in [4.69, 9.17) is 9.47 Å². The van der Waals surface area contributed by atoms with Crippen molar-refractivity contribution in [3.05, 3.63) is 0 Å². The molecule has 6 nitrogen and oxygen atoms in total. The molecule has 2 rings (SSSR count). The number of likely N-dealkylation sites (tertiary alicyclic amines) is 1. The highest BCUT2D eigenvalue weighted by Gasteiger charge is 2.56. The van der Waals surface area contributed by atoms with Crippen molar-refractivity contribution < 1.29 is 23.9 Å². The fraction of sp³-hybridized carbons (Fsp3) is 0.824. The molecule has 0 aromatic heterocycles. The fourth-order valence-electron chi connectivity index (χ4n) is 3.85. The number of methoxy groups -OCH3 is 1. The number of hydrogen-bond donors (Lipinski definition) is 0. The first-order chi connectivity index (χ1) is 10.6. The maximum Gasteiger partial charge on any atom is 0.410 e. The van der Waals surface area contributed by atoms with Crippen LogP contribution in [0.15, 0.2) is 0 Å². The molecule has 0 aromatic rings. The van der Waals surface area contributed by atoms with Gasteiger partial charge in [0.2, 0.25) is 0 Å². The van der Waals surface area contributed by atoms with Gasteiger partial charge in [-0.3, -0.25) is 9.59 Å². The standard InChI is InChI=1S/C17H27NO5/c1-11-10-17(12(13(11)19)14(20)22-5)6-8-18(9-7-17)15(21)23-16(2,3)4/h11-12H,6-10H2,1-5H3. The van der Waals surface area contributed by atoms with E-state index in [9.17, 15) is 14.4 Å². The van der Waals surface area contributed by atoms with E-state index in [0.29, 0.717) is 32.4 Å². The average molecular weight is 325 g/mol. The minimum Gasteiger partial charge on any atom is -0.468 e. The van der Waals surface area contributed by atoms with Gasteiger partial charge in [-0.05, 0) is 45.4 Å². The van der Waals surface area contributed by atoms with Crippen LogP contribution < -0.4 is 0 Å². The van der Waals surface area contributed by atoms with Crippen LogP contribution in [-0.2, 0) is 19.1 Å². The summed E-state index contributed by atoms with van der Waals surface area (Å²) in [4.78, 5) is 38.3. The Kier molecular flexibility index (Phi) is 4.74. The van der Waals surface area contributed by atoms with Gasteiger partial charge in [0.05, 0.1) is 7.11 Å². The number of hydrogen-bond acceptors (Lipinski definition) is 5. The zero-order valence-electron chi connectivity index (χ0n) is 14.7. The van der Waals surface area contributed by atoms with Gasteiger partial charge in [0.25, 0.3) is 0 Å². The second-order valence-electron chi connectivity index (χ2n) is 7.79. The van der Waals surface area contributed by atoms with Crippen LogP contribution in [0.3, 0.4) is 0 Å². The Morgan fingerprint density at radius 2 is 1.78 bits per heavy atom. The Morgan fingerprint density at radius 3 is 2.26 bits per heavy atom. The molecule has 0 aromatic carbocycles. The molecule has 2 atom stereocenters. The molecule has 1 saturated carbocycles.